The van der Waals surface area contributed by atoms with Gasteiger partial charge in [-0.3, -0.25) is 28.8 Å². The molecule has 15 nitrogen and oxygen atoms in total. The number of hydrogen-bond acceptors (Lipinski definition) is 9. The minimum atomic E-state index is -1.20. The molecule has 2 aromatic rings. The molecule has 6 amide bonds. The lowest BCUT2D eigenvalue weighted by Crippen LogP contribution is -2.58. The molecule has 1 aliphatic heterocycles. The van der Waals surface area contributed by atoms with Crippen LogP contribution in [0.15, 0.2) is 60.7 Å². The third kappa shape index (κ3) is 14.0. The molecule has 7 atom stereocenters. The third-order valence-electron chi connectivity index (χ3n) is 9.77. The Labute approximate surface area is 334 Å². The van der Waals surface area contributed by atoms with Crippen LogP contribution in [0.25, 0.3) is 0 Å². The summed E-state index contributed by atoms with van der Waals surface area (Å²) in [5, 5.41) is 22.8. The number of likely N-dealkylation sites (tertiary alicyclic amines) is 1. The highest BCUT2D eigenvalue weighted by Gasteiger charge is 2.37. The number of nitrogens with zero attached hydrogens (tertiary/aromatic N) is 1. The highest BCUT2D eigenvalue weighted by molar-refractivity contribution is 7.80. The summed E-state index contributed by atoms with van der Waals surface area (Å²) >= 11 is 4.18. The molecule has 306 valence electrons. The molecule has 2 aromatic carbocycles. The first-order chi connectivity index (χ1) is 26.6. The first-order valence-corrected chi connectivity index (χ1v) is 19.7. The zero-order valence-corrected chi connectivity index (χ0v) is 33.4. The number of carboxylic acid groups (broad SMARTS) is 1. The molecule has 1 heterocycles. The molecule has 0 spiro atoms. The van der Waals surface area contributed by atoms with Crippen molar-refractivity contribution in [3.63, 3.8) is 0 Å². The molecule has 0 bridgehead atoms. The van der Waals surface area contributed by atoms with Crippen molar-refractivity contribution in [2.24, 2.45) is 17.6 Å². The highest BCUT2D eigenvalue weighted by atomic mass is 32.1. The van der Waals surface area contributed by atoms with Gasteiger partial charge in [0.15, 0.2) is 0 Å². The quantitative estimate of drug-likeness (QED) is 0.0841. The van der Waals surface area contributed by atoms with Gasteiger partial charge in [-0.25, -0.2) is 4.79 Å². The number of carbonyl (C=O) groups is 7. The van der Waals surface area contributed by atoms with Gasteiger partial charge < -0.3 is 42.3 Å². The van der Waals surface area contributed by atoms with Gasteiger partial charge in [-0.15, -0.1) is 0 Å². The summed E-state index contributed by atoms with van der Waals surface area (Å²) in [6.07, 6.45) is 1.94. The van der Waals surface area contributed by atoms with E-state index in [1.165, 1.54) is 4.90 Å². The van der Waals surface area contributed by atoms with Crippen LogP contribution in [0.5, 0.6) is 0 Å². The summed E-state index contributed by atoms with van der Waals surface area (Å²) in [5.41, 5.74) is 7.81. The molecule has 1 saturated heterocycles. The molecule has 1 fully saturated rings. The van der Waals surface area contributed by atoms with E-state index in [1.54, 1.807) is 38.1 Å². The Balaban J connectivity index is 1.68. The van der Waals surface area contributed by atoms with Crippen molar-refractivity contribution in [3.8, 4) is 0 Å². The van der Waals surface area contributed by atoms with E-state index >= 15 is 0 Å². The SMILES string of the molecule is CCC(C)C(NC(=O)C(CS)NC(=O)C1CCCN1C(=O)CNC(=O)C(Cc1ccccc1)NC(=O)C(CC(C)C)NC(=O)C(N)Cc1ccccc1)C(=O)O. The maximum atomic E-state index is 13.7. The number of amides is 6. The Morgan fingerprint density at radius 3 is 1.91 bits per heavy atom. The van der Waals surface area contributed by atoms with Crippen LogP contribution in [0, 0.1) is 11.8 Å². The van der Waals surface area contributed by atoms with Crippen molar-refractivity contribution in [1.29, 1.82) is 0 Å². The van der Waals surface area contributed by atoms with Crippen LogP contribution in [-0.4, -0.2) is 107 Å². The Bertz CT molecular complexity index is 1650. The Morgan fingerprint density at radius 1 is 0.786 bits per heavy atom. The summed E-state index contributed by atoms with van der Waals surface area (Å²) in [4.78, 5) is 93.4. The van der Waals surface area contributed by atoms with E-state index in [0.717, 1.165) is 11.1 Å². The second-order valence-electron chi connectivity index (χ2n) is 14.7. The summed E-state index contributed by atoms with van der Waals surface area (Å²) in [7, 11) is 0. The van der Waals surface area contributed by atoms with E-state index in [4.69, 9.17) is 5.73 Å². The molecular weight excluding hydrogens is 739 g/mol. The highest BCUT2D eigenvalue weighted by Crippen LogP contribution is 2.18. The smallest absolute Gasteiger partial charge is 0.326 e. The van der Waals surface area contributed by atoms with Gasteiger partial charge in [0.1, 0.15) is 30.2 Å². The minimum absolute atomic E-state index is 0.00450. The third-order valence-corrected chi connectivity index (χ3v) is 10.1. The lowest BCUT2D eigenvalue weighted by Gasteiger charge is -2.28. The number of nitrogens with two attached hydrogens (primary N) is 1. The lowest BCUT2D eigenvalue weighted by atomic mass is 9.99. The fraction of sp³-hybridized carbons (Fsp3) is 0.525. The molecule has 0 radical (unpaired) electrons. The first kappa shape index (κ1) is 45.4. The van der Waals surface area contributed by atoms with Crippen molar-refractivity contribution < 1.29 is 38.7 Å². The number of carbonyl (C=O) groups excluding carboxylic acids is 6. The average molecular weight is 796 g/mol. The Hall–Kier alpha value is -4.96. The van der Waals surface area contributed by atoms with Crippen LogP contribution >= 0.6 is 12.6 Å². The van der Waals surface area contributed by atoms with Crippen molar-refractivity contribution in [2.75, 3.05) is 18.8 Å². The van der Waals surface area contributed by atoms with Gasteiger partial charge in [-0.2, -0.15) is 12.6 Å². The number of aliphatic carboxylic acids is 1. The predicted octanol–water partition coefficient (Wildman–Crippen LogP) is 0.952. The van der Waals surface area contributed by atoms with E-state index in [9.17, 15) is 38.7 Å². The first-order valence-electron chi connectivity index (χ1n) is 19.1. The van der Waals surface area contributed by atoms with Crippen LogP contribution in [0.2, 0.25) is 0 Å². The number of hydrogen-bond donors (Lipinski definition) is 8. The van der Waals surface area contributed by atoms with Crippen LogP contribution in [-0.2, 0) is 46.4 Å². The topological polar surface area (TPSA) is 229 Å². The van der Waals surface area contributed by atoms with Crippen LogP contribution in [0.4, 0.5) is 0 Å². The van der Waals surface area contributed by atoms with Crippen molar-refractivity contribution in [1.82, 2.24) is 31.5 Å². The Kier molecular flexibility index (Phi) is 18.3. The summed E-state index contributed by atoms with van der Waals surface area (Å²) in [5.74, 6) is -5.27. The number of nitrogens with one attached hydrogen (secondary N) is 5. The maximum absolute atomic E-state index is 13.7. The second-order valence-corrected chi connectivity index (χ2v) is 15.0. The molecule has 0 aliphatic carbocycles. The zero-order chi connectivity index (χ0) is 41.4. The lowest BCUT2D eigenvalue weighted by molar-refractivity contribution is -0.144. The molecule has 56 heavy (non-hydrogen) atoms. The van der Waals surface area contributed by atoms with Crippen LogP contribution in [0.3, 0.4) is 0 Å². The zero-order valence-electron chi connectivity index (χ0n) is 32.5. The van der Waals surface area contributed by atoms with Crippen LogP contribution < -0.4 is 32.3 Å². The monoisotopic (exact) mass is 795 g/mol. The van der Waals surface area contributed by atoms with Gasteiger partial charge in [-0.05, 0) is 48.6 Å². The molecule has 1 aliphatic rings. The average Bonchev–Trinajstić information content (AvgIpc) is 3.68. The Morgan fingerprint density at radius 2 is 1.36 bits per heavy atom. The summed E-state index contributed by atoms with van der Waals surface area (Å²) < 4.78 is 0. The van der Waals surface area contributed by atoms with Crippen molar-refractivity contribution >= 4 is 54.0 Å². The summed E-state index contributed by atoms with van der Waals surface area (Å²) in [6.45, 7) is 7.05. The molecule has 3 rings (SSSR count). The van der Waals surface area contributed by atoms with E-state index in [1.807, 2.05) is 50.2 Å². The second kappa shape index (κ2) is 22.6. The van der Waals surface area contributed by atoms with Gasteiger partial charge in [-0.1, -0.05) is 94.8 Å². The molecule has 0 saturated carbocycles. The molecule has 16 heteroatoms. The molecule has 8 N–H and O–H groups in total. The minimum Gasteiger partial charge on any atom is -0.480 e. The number of benzene rings is 2. The van der Waals surface area contributed by atoms with E-state index in [0.29, 0.717) is 19.3 Å². The fourth-order valence-electron chi connectivity index (χ4n) is 6.40. The van der Waals surface area contributed by atoms with E-state index in [-0.39, 0.29) is 43.4 Å². The van der Waals surface area contributed by atoms with Gasteiger partial charge in [0, 0.05) is 18.7 Å². The van der Waals surface area contributed by atoms with E-state index < -0.39 is 84.2 Å². The normalized spacial score (nSPS) is 17.1. The molecule has 0 aromatic heterocycles. The number of carboxylic acids is 1. The molecular formula is C40H57N7O8S. The standard InChI is InChI=1S/C40H57N7O8S/c1-5-25(4)34(40(54)55)46-38(52)31(23-56)45-39(53)32-17-12-18-47(32)33(48)22-42-36(50)30(21-27-15-10-7-11-16-27)44-37(51)29(19-24(2)3)43-35(49)28(41)20-26-13-8-6-9-14-26/h6-11,13-16,24-25,28-32,34,56H,5,12,17-23,41H2,1-4H3,(H,42,50)(H,43,49)(H,44,51)(H,45,53)(H,46,52)(H,54,55). The number of rotatable bonds is 21. The number of thiol groups is 1. The van der Waals surface area contributed by atoms with Crippen molar-refractivity contribution in [3.05, 3.63) is 71.8 Å². The molecule has 7 unspecified atom stereocenters. The predicted molar refractivity (Wildman–Crippen MR) is 214 cm³/mol. The van der Waals surface area contributed by atoms with Gasteiger partial charge in [0.25, 0.3) is 0 Å². The van der Waals surface area contributed by atoms with E-state index in [2.05, 4.69) is 39.2 Å². The van der Waals surface area contributed by atoms with Crippen molar-refractivity contribution in [2.45, 2.75) is 102 Å². The van der Waals surface area contributed by atoms with Gasteiger partial charge in [0.2, 0.25) is 35.4 Å². The van der Waals surface area contributed by atoms with Gasteiger partial charge >= 0.3 is 5.97 Å². The largest absolute Gasteiger partial charge is 0.480 e. The van der Waals surface area contributed by atoms with Gasteiger partial charge in [0.05, 0.1) is 12.6 Å². The van der Waals surface area contributed by atoms with Crippen LogP contribution in [0.1, 0.15) is 64.5 Å². The summed E-state index contributed by atoms with van der Waals surface area (Å²) in [6, 6.07) is 12.0. The maximum Gasteiger partial charge on any atom is 0.326 e. The fourth-order valence-corrected chi connectivity index (χ4v) is 6.66.